The molecule has 1 heterocycles. The standard InChI is InChI=1S/C17H19N3/c1-12-4-3-5-13(10-12)6-9-17-19-15-8-7-14(18)11-16(15)20(17)2/h3-5,7-8,10-11H,6,9,18H2,1-2H3. The van der Waals surface area contributed by atoms with E-state index in [2.05, 4.69) is 42.8 Å². The summed E-state index contributed by atoms with van der Waals surface area (Å²) < 4.78 is 2.14. The van der Waals surface area contributed by atoms with Crippen molar-refractivity contribution in [3.63, 3.8) is 0 Å². The first-order valence-electron chi connectivity index (χ1n) is 6.90. The van der Waals surface area contributed by atoms with Crippen molar-refractivity contribution in [3.05, 3.63) is 59.4 Å². The molecule has 0 aliphatic rings. The van der Waals surface area contributed by atoms with Crippen molar-refractivity contribution in [2.45, 2.75) is 19.8 Å². The first-order valence-corrected chi connectivity index (χ1v) is 6.90. The van der Waals surface area contributed by atoms with Crippen molar-refractivity contribution >= 4 is 16.7 Å². The summed E-state index contributed by atoms with van der Waals surface area (Å²) in [5.74, 6) is 1.10. The Morgan fingerprint density at radius 2 is 1.95 bits per heavy atom. The first-order chi connectivity index (χ1) is 9.63. The second-order valence-electron chi connectivity index (χ2n) is 5.32. The molecule has 1 aromatic heterocycles. The molecule has 2 aromatic carbocycles. The van der Waals surface area contributed by atoms with Gasteiger partial charge in [-0.15, -0.1) is 0 Å². The van der Waals surface area contributed by atoms with E-state index < -0.39 is 0 Å². The zero-order chi connectivity index (χ0) is 14.1. The van der Waals surface area contributed by atoms with E-state index in [1.54, 1.807) is 0 Å². The molecule has 3 nitrogen and oxygen atoms in total. The lowest BCUT2D eigenvalue weighted by atomic mass is 10.1. The zero-order valence-electron chi connectivity index (χ0n) is 11.9. The SMILES string of the molecule is Cc1cccc(CCc2nc3ccc(N)cc3n2C)c1. The van der Waals surface area contributed by atoms with Gasteiger partial charge in [0.15, 0.2) is 0 Å². The summed E-state index contributed by atoms with van der Waals surface area (Å²) in [6, 6.07) is 14.5. The van der Waals surface area contributed by atoms with Gasteiger partial charge < -0.3 is 10.3 Å². The molecule has 3 heteroatoms. The van der Waals surface area contributed by atoms with Gasteiger partial charge in [-0.3, -0.25) is 0 Å². The number of nitrogen functional groups attached to an aromatic ring is 1. The van der Waals surface area contributed by atoms with E-state index in [4.69, 9.17) is 10.7 Å². The predicted molar refractivity (Wildman–Crippen MR) is 83.7 cm³/mol. The van der Waals surface area contributed by atoms with E-state index in [9.17, 15) is 0 Å². The van der Waals surface area contributed by atoms with E-state index in [0.717, 1.165) is 35.4 Å². The number of fused-ring (bicyclic) bond motifs is 1. The molecule has 0 amide bonds. The van der Waals surface area contributed by atoms with E-state index in [-0.39, 0.29) is 0 Å². The lowest BCUT2D eigenvalue weighted by Crippen LogP contribution is -2.00. The third-order valence-electron chi connectivity index (χ3n) is 3.72. The first kappa shape index (κ1) is 12.7. The fraction of sp³-hybridized carbons (Fsp3) is 0.235. The lowest BCUT2D eigenvalue weighted by Gasteiger charge is -2.04. The lowest BCUT2D eigenvalue weighted by molar-refractivity contribution is 0.786. The molecule has 0 aliphatic heterocycles. The number of aryl methyl sites for hydroxylation is 4. The van der Waals surface area contributed by atoms with Crippen LogP contribution < -0.4 is 5.73 Å². The molecular weight excluding hydrogens is 246 g/mol. The van der Waals surface area contributed by atoms with Crippen molar-refractivity contribution in [3.8, 4) is 0 Å². The molecule has 3 aromatic rings. The summed E-state index contributed by atoms with van der Waals surface area (Å²) in [5.41, 5.74) is 11.4. The number of benzene rings is 2. The maximum atomic E-state index is 5.84. The molecule has 0 unspecified atom stereocenters. The average Bonchev–Trinajstić information content (AvgIpc) is 2.73. The van der Waals surface area contributed by atoms with Crippen LogP contribution in [0.25, 0.3) is 11.0 Å². The second kappa shape index (κ2) is 5.00. The van der Waals surface area contributed by atoms with Crippen LogP contribution in [-0.4, -0.2) is 9.55 Å². The van der Waals surface area contributed by atoms with Crippen LogP contribution in [0.4, 0.5) is 5.69 Å². The highest BCUT2D eigenvalue weighted by atomic mass is 15.1. The van der Waals surface area contributed by atoms with Crippen molar-refractivity contribution in [2.75, 3.05) is 5.73 Å². The molecule has 0 fully saturated rings. The molecule has 0 atom stereocenters. The molecule has 0 saturated heterocycles. The number of nitrogens with two attached hydrogens (primary N) is 1. The summed E-state index contributed by atoms with van der Waals surface area (Å²) in [7, 11) is 2.06. The Morgan fingerprint density at radius 3 is 2.75 bits per heavy atom. The average molecular weight is 265 g/mol. The minimum Gasteiger partial charge on any atom is -0.399 e. The number of rotatable bonds is 3. The largest absolute Gasteiger partial charge is 0.399 e. The molecule has 0 bridgehead atoms. The highest BCUT2D eigenvalue weighted by molar-refractivity contribution is 5.79. The van der Waals surface area contributed by atoms with Crippen molar-refractivity contribution in [1.82, 2.24) is 9.55 Å². The minimum absolute atomic E-state index is 0.783. The van der Waals surface area contributed by atoms with Gasteiger partial charge in [-0.2, -0.15) is 0 Å². The maximum absolute atomic E-state index is 5.84. The van der Waals surface area contributed by atoms with Gasteiger partial charge in [0.1, 0.15) is 5.82 Å². The van der Waals surface area contributed by atoms with Crippen molar-refractivity contribution in [1.29, 1.82) is 0 Å². The Kier molecular flexibility index (Phi) is 3.18. The van der Waals surface area contributed by atoms with Crippen LogP contribution in [0.2, 0.25) is 0 Å². The van der Waals surface area contributed by atoms with Crippen LogP contribution in [-0.2, 0) is 19.9 Å². The van der Waals surface area contributed by atoms with E-state index >= 15 is 0 Å². The summed E-state index contributed by atoms with van der Waals surface area (Å²) in [6.45, 7) is 2.13. The zero-order valence-corrected chi connectivity index (χ0v) is 11.9. The summed E-state index contributed by atoms with van der Waals surface area (Å²) in [6.07, 6.45) is 1.95. The van der Waals surface area contributed by atoms with Gasteiger partial charge in [0.25, 0.3) is 0 Å². The van der Waals surface area contributed by atoms with Crippen LogP contribution in [0, 0.1) is 6.92 Å². The van der Waals surface area contributed by atoms with Gasteiger partial charge in [0.2, 0.25) is 0 Å². The van der Waals surface area contributed by atoms with Crippen molar-refractivity contribution in [2.24, 2.45) is 7.05 Å². The quantitative estimate of drug-likeness (QED) is 0.739. The van der Waals surface area contributed by atoms with Crippen LogP contribution in [0.1, 0.15) is 17.0 Å². The van der Waals surface area contributed by atoms with Gasteiger partial charge in [-0.1, -0.05) is 29.8 Å². The highest BCUT2D eigenvalue weighted by Crippen LogP contribution is 2.19. The topological polar surface area (TPSA) is 43.8 Å². The number of aromatic nitrogens is 2. The Morgan fingerprint density at radius 1 is 1.10 bits per heavy atom. The molecule has 3 rings (SSSR count). The van der Waals surface area contributed by atoms with Crippen molar-refractivity contribution < 1.29 is 0 Å². The van der Waals surface area contributed by atoms with Gasteiger partial charge in [-0.25, -0.2) is 4.98 Å². The Labute approximate surface area is 119 Å². The number of hydrogen-bond acceptors (Lipinski definition) is 2. The molecular formula is C17H19N3. The third-order valence-corrected chi connectivity index (χ3v) is 3.72. The third kappa shape index (κ3) is 2.39. The molecule has 0 spiro atoms. The molecule has 0 aliphatic carbocycles. The number of anilines is 1. The van der Waals surface area contributed by atoms with Crippen LogP contribution in [0.15, 0.2) is 42.5 Å². The fourth-order valence-corrected chi connectivity index (χ4v) is 2.60. The minimum atomic E-state index is 0.783. The van der Waals surface area contributed by atoms with Gasteiger partial charge >= 0.3 is 0 Å². The van der Waals surface area contributed by atoms with Gasteiger partial charge in [-0.05, 0) is 37.1 Å². The Bertz CT molecular complexity index is 756. The highest BCUT2D eigenvalue weighted by Gasteiger charge is 2.08. The number of hydrogen-bond donors (Lipinski definition) is 1. The molecule has 102 valence electrons. The molecule has 20 heavy (non-hydrogen) atoms. The van der Waals surface area contributed by atoms with E-state index in [1.165, 1.54) is 11.1 Å². The number of nitrogens with zero attached hydrogens (tertiary/aromatic N) is 2. The summed E-state index contributed by atoms with van der Waals surface area (Å²) >= 11 is 0. The predicted octanol–water partition coefficient (Wildman–Crippen LogP) is 3.25. The fourth-order valence-electron chi connectivity index (χ4n) is 2.60. The summed E-state index contributed by atoms with van der Waals surface area (Å²) in [4.78, 5) is 4.70. The van der Waals surface area contributed by atoms with Gasteiger partial charge in [0.05, 0.1) is 11.0 Å². The molecule has 0 radical (unpaired) electrons. The smallest absolute Gasteiger partial charge is 0.109 e. The molecule has 0 saturated carbocycles. The Hall–Kier alpha value is -2.29. The van der Waals surface area contributed by atoms with E-state index in [1.807, 2.05) is 18.2 Å². The maximum Gasteiger partial charge on any atom is 0.109 e. The normalized spacial score (nSPS) is 11.1. The number of imidazole rings is 1. The summed E-state index contributed by atoms with van der Waals surface area (Å²) in [5, 5.41) is 0. The van der Waals surface area contributed by atoms with Gasteiger partial charge in [0, 0.05) is 19.2 Å². The molecule has 2 N–H and O–H groups in total. The van der Waals surface area contributed by atoms with Crippen LogP contribution in [0.3, 0.4) is 0 Å². The van der Waals surface area contributed by atoms with Crippen LogP contribution >= 0.6 is 0 Å². The van der Waals surface area contributed by atoms with E-state index in [0.29, 0.717) is 0 Å². The monoisotopic (exact) mass is 265 g/mol. The second-order valence-corrected chi connectivity index (χ2v) is 5.32. The van der Waals surface area contributed by atoms with Crippen LogP contribution in [0.5, 0.6) is 0 Å². The Balaban J connectivity index is 1.86.